The molecular weight excluding hydrogens is 237 g/mol. The molecule has 0 aliphatic heterocycles. The first-order valence-corrected chi connectivity index (χ1v) is 3.05. The second-order valence-electron chi connectivity index (χ2n) is 1.15. The zero-order chi connectivity index (χ0) is 5.86. The van der Waals surface area contributed by atoms with E-state index in [2.05, 4.69) is 0 Å². The van der Waals surface area contributed by atoms with Crippen molar-refractivity contribution < 1.29 is 28.7 Å². The van der Waals surface area contributed by atoms with Gasteiger partial charge in [-0.25, -0.2) is 0 Å². The van der Waals surface area contributed by atoms with Crippen molar-refractivity contribution in [3.8, 4) is 0 Å². The van der Waals surface area contributed by atoms with E-state index in [-0.39, 0.29) is 24.0 Å². The van der Waals surface area contributed by atoms with Crippen LogP contribution in [0.25, 0.3) is 0 Å². The summed E-state index contributed by atoms with van der Waals surface area (Å²) in [7, 11) is 1.70. The molecule has 0 aromatic rings. The van der Waals surface area contributed by atoms with Gasteiger partial charge in [-0.15, -0.1) is 0 Å². The van der Waals surface area contributed by atoms with Crippen LogP contribution in [0.15, 0.2) is 0 Å². The first-order valence-electron chi connectivity index (χ1n) is 1.83. The maximum absolute atomic E-state index is 5.30. The Kier molecular flexibility index (Phi) is 7.67. The van der Waals surface area contributed by atoms with Crippen LogP contribution in [0.5, 0.6) is 0 Å². The number of thioether (sulfide) groups is 1. The third kappa shape index (κ3) is 4.51. The second-order valence-corrected chi connectivity index (χ2v) is 1.98. The van der Waals surface area contributed by atoms with E-state index < -0.39 is 0 Å². The molecule has 0 aromatic carbocycles. The van der Waals surface area contributed by atoms with Gasteiger partial charge in [0.25, 0.3) is 0 Å². The summed E-state index contributed by atoms with van der Waals surface area (Å²) in [5, 5.41) is 0.625. The normalized spacial score (nSPS) is 11.8. The molecule has 50 valence electrons. The Morgan fingerprint density at radius 1 is 1.62 bits per heavy atom. The van der Waals surface area contributed by atoms with Crippen molar-refractivity contribution in [3.05, 3.63) is 0 Å². The Morgan fingerprint density at radius 3 is 2.00 bits per heavy atom. The lowest BCUT2D eigenvalue weighted by molar-refractivity contribution is -0.507. The van der Waals surface area contributed by atoms with E-state index in [1.165, 1.54) is 16.4 Å². The fourth-order valence-electron chi connectivity index (χ4n) is 0.144. The summed E-state index contributed by atoms with van der Waals surface area (Å²) in [5.74, 6) is 5.20. The molecule has 0 unspecified atom stereocenters. The molecule has 0 spiro atoms. The number of halogens is 1. The highest BCUT2D eigenvalue weighted by atomic mass is 127. The Hall–Kier alpha value is 0.350. The molecule has 4 N–H and O–H groups in total. The number of hydrazine groups is 1. The van der Waals surface area contributed by atoms with Crippen molar-refractivity contribution in [2.45, 2.75) is 0 Å². The smallest absolute Gasteiger partial charge is 0.326 e. The molecule has 0 amide bonds. The average Bonchev–Trinajstić information content (AvgIpc) is 1.65. The van der Waals surface area contributed by atoms with Crippen molar-refractivity contribution in [2.24, 2.45) is 11.6 Å². The van der Waals surface area contributed by atoms with Gasteiger partial charge in [0.05, 0.1) is 0 Å². The summed E-state index contributed by atoms with van der Waals surface area (Å²) in [4.78, 5) is 0. The lowest BCUT2D eigenvalue weighted by Gasteiger charge is -1.89. The molecule has 0 rings (SSSR count). The van der Waals surface area contributed by atoms with Crippen LogP contribution in [0, 0.1) is 0 Å². The Labute approximate surface area is 70.5 Å². The largest absolute Gasteiger partial charge is 1.00 e. The third-order valence-corrected chi connectivity index (χ3v) is 1.26. The fraction of sp³-hybridized carbons (Fsp3) is 0.667. The highest BCUT2D eigenvalue weighted by molar-refractivity contribution is 8.12. The standard InChI is InChI=1S/C3H9N3S.HI/c1-6(5)3(4)7-2;/h4H,5H2,1-2H3;1H. The monoisotopic (exact) mass is 247 g/mol. The Morgan fingerprint density at radius 2 is 2.00 bits per heavy atom. The van der Waals surface area contributed by atoms with Gasteiger partial charge in [0.1, 0.15) is 7.05 Å². The first kappa shape index (κ1) is 11.2. The van der Waals surface area contributed by atoms with Gasteiger partial charge in [-0.1, -0.05) is 0 Å². The van der Waals surface area contributed by atoms with Crippen LogP contribution in [-0.4, -0.2) is 23.2 Å². The zero-order valence-electron chi connectivity index (χ0n) is 4.89. The molecule has 8 heavy (non-hydrogen) atoms. The molecule has 0 heterocycles. The van der Waals surface area contributed by atoms with E-state index in [1.54, 1.807) is 7.05 Å². The van der Waals surface area contributed by atoms with Crippen LogP contribution in [0.4, 0.5) is 0 Å². The predicted molar refractivity (Wildman–Crippen MR) is 33.1 cm³/mol. The van der Waals surface area contributed by atoms with Crippen LogP contribution >= 0.6 is 11.8 Å². The van der Waals surface area contributed by atoms with Crippen LogP contribution in [0.1, 0.15) is 0 Å². The summed E-state index contributed by atoms with van der Waals surface area (Å²) in [6.07, 6.45) is 1.87. The van der Waals surface area contributed by atoms with E-state index in [0.29, 0.717) is 5.17 Å². The summed E-state index contributed by atoms with van der Waals surface area (Å²) in [5.41, 5.74) is 5.30. The molecule has 3 nitrogen and oxygen atoms in total. The lowest BCUT2D eigenvalue weighted by Crippen LogP contribution is -3.00. The van der Waals surface area contributed by atoms with Crippen molar-refractivity contribution in [3.63, 3.8) is 0 Å². The van der Waals surface area contributed by atoms with Gasteiger partial charge >= 0.3 is 5.17 Å². The number of hydrogen-bond donors (Lipinski definition) is 2. The van der Waals surface area contributed by atoms with Gasteiger partial charge in [0.15, 0.2) is 0 Å². The molecule has 0 aliphatic carbocycles. The van der Waals surface area contributed by atoms with Crippen LogP contribution in [0.3, 0.4) is 0 Å². The molecule has 0 radical (unpaired) electrons. The minimum Gasteiger partial charge on any atom is -1.00 e. The second kappa shape index (κ2) is 5.49. The SMILES string of the molecule is CS/C(N)=[N+](/C)N.[I-]. The fourth-order valence-corrected chi connectivity index (χ4v) is 0.432. The van der Waals surface area contributed by atoms with Crippen LogP contribution < -0.4 is 35.6 Å². The van der Waals surface area contributed by atoms with Gasteiger partial charge in [-0.3, -0.25) is 11.6 Å². The number of nitrogens with two attached hydrogens (primary N) is 2. The molecule has 0 atom stereocenters. The van der Waals surface area contributed by atoms with Gasteiger partial charge in [0, 0.05) is 0 Å². The van der Waals surface area contributed by atoms with Crippen LogP contribution in [0.2, 0.25) is 0 Å². The number of rotatable bonds is 0. The van der Waals surface area contributed by atoms with Crippen molar-refractivity contribution >= 4 is 16.9 Å². The highest BCUT2D eigenvalue weighted by Crippen LogP contribution is 1.85. The van der Waals surface area contributed by atoms with Gasteiger partial charge in [0.2, 0.25) is 0 Å². The Bertz CT molecular complexity index is 88.5. The number of nitrogens with zero attached hydrogens (tertiary/aromatic N) is 1. The summed E-state index contributed by atoms with van der Waals surface area (Å²) in [6.45, 7) is 0. The minimum absolute atomic E-state index is 0. The van der Waals surface area contributed by atoms with Gasteiger partial charge in [-0.05, 0) is 18.0 Å². The van der Waals surface area contributed by atoms with E-state index in [4.69, 9.17) is 11.6 Å². The van der Waals surface area contributed by atoms with Crippen molar-refractivity contribution in [2.75, 3.05) is 13.3 Å². The Balaban J connectivity index is 0. The van der Waals surface area contributed by atoms with E-state index in [9.17, 15) is 0 Å². The highest BCUT2D eigenvalue weighted by Gasteiger charge is 1.93. The average molecular weight is 247 g/mol. The van der Waals surface area contributed by atoms with E-state index >= 15 is 0 Å². The molecule has 5 heteroatoms. The minimum atomic E-state index is 0. The van der Waals surface area contributed by atoms with Gasteiger partial charge in [-0.2, -0.15) is 4.68 Å². The number of hydrogen-bond acceptors (Lipinski definition) is 2. The topological polar surface area (TPSA) is 55.0 Å². The lowest BCUT2D eigenvalue weighted by atomic mass is 11.2. The zero-order valence-corrected chi connectivity index (χ0v) is 7.86. The quantitative estimate of drug-likeness (QED) is 0.115. The molecule has 0 saturated carbocycles. The van der Waals surface area contributed by atoms with E-state index in [0.717, 1.165) is 0 Å². The maximum atomic E-state index is 5.30. The predicted octanol–water partition coefficient (Wildman–Crippen LogP) is -3.82. The third-order valence-electron chi connectivity index (χ3n) is 0.557. The summed E-state index contributed by atoms with van der Waals surface area (Å²) in [6, 6.07) is 0. The number of amidine groups is 1. The maximum Gasteiger partial charge on any atom is 0.326 e. The molecule has 0 fully saturated rings. The summed E-state index contributed by atoms with van der Waals surface area (Å²) < 4.78 is 1.38. The van der Waals surface area contributed by atoms with Crippen molar-refractivity contribution in [1.29, 1.82) is 0 Å². The van der Waals surface area contributed by atoms with E-state index in [1.807, 2.05) is 6.26 Å². The molecule has 0 aliphatic rings. The first-order chi connectivity index (χ1) is 3.18. The van der Waals surface area contributed by atoms with Crippen LogP contribution in [-0.2, 0) is 0 Å². The van der Waals surface area contributed by atoms with Gasteiger partial charge < -0.3 is 24.0 Å². The summed E-state index contributed by atoms with van der Waals surface area (Å²) >= 11 is 1.43. The van der Waals surface area contributed by atoms with Crippen molar-refractivity contribution in [1.82, 2.24) is 0 Å². The molecule has 0 saturated heterocycles. The molecule has 0 aromatic heterocycles. The number of hydrazone groups is 1. The molecule has 0 bridgehead atoms. The molecular formula is C3H10IN3S.